The first-order valence-corrected chi connectivity index (χ1v) is 14.4. The summed E-state index contributed by atoms with van der Waals surface area (Å²) < 4.78 is 6.72. The Morgan fingerprint density at radius 3 is 2.62 bits per heavy atom. The van der Waals surface area contributed by atoms with Crippen LogP contribution in [0.25, 0.3) is 11.4 Å². The van der Waals surface area contributed by atoms with E-state index in [2.05, 4.69) is 94.1 Å². The summed E-state index contributed by atoms with van der Waals surface area (Å²) in [6.07, 6.45) is 11.2. The summed E-state index contributed by atoms with van der Waals surface area (Å²) in [6, 6.07) is 21.2. The molecule has 5 heterocycles. The number of aliphatic hydroxyl groups is 1. The number of nitrogens with zero attached hydrogens (tertiary/aromatic N) is 4. The number of nitrogens with two attached hydrogens (primary N) is 1. The lowest BCUT2D eigenvalue weighted by Gasteiger charge is -2.28. The molecular weight excluding hydrogens is 495 g/mol. The maximum Gasteiger partial charge on any atom is 0.553 e. The fourth-order valence-corrected chi connectivity index (χ4v) is 6.16. The molecule has 7 rings (SSSR count). The van der Waals surface area contributed by atoms with Crippen molar-refractivity contribution >= 4 is 24.6 Å². The third-order valence-corrected chi connectivity index (χ3v) is 8.40. The van der Waals surface area contributed by atoms with E-state index in [1.165, 1.54) is 22.5 Å². The first-order chi connectivity index (χ1) is 19.6. The van der Waals surface area contributed by atoms with Crippen molar-refractivity contribution in [2.24, 2.45) is 0 Å². The number of aliphatic hydroxyl groups excluding tert-OH is 1. The predicted octanol–water partition coefficient (Wildman–Crippen LogP) is 5.00. The van der Waals surface area contributed by atoms with Crippen LogP contribution in [0, 0.1) is 0 Å². The van der Waals surface area contributed by atoms with Gasteiger partial charge in [0.25, 0.3) is 5.84 Å². The average Bonchev–Trinajstić information content (AvgIpc) is 3.56. The molecule has 1 unspecified atom stereocenters. The second-order valence-corrected chi connectivity index (χ2v) is 11.0. The molecule has 0 aliphatic carbocycles. The van der Waals surface area contributed by atoms with E-state index in [-0.39, 0.29) is 0 Å². The molecule has 4 aromatic rings. The van der Waals surface area contributed by atoms with Crippen molar-refractivity contribution < 1.29 is 9.68 Å². The second-order valence-electron chi connectivity index (χ2n) is 11.0. The Labute approximate surface area is 235 Å². The van der Waals surface area contributed by atoms with Gasteiger partial charge in [-0.2, -0.15) is 0 Å². The Morgan fingerprint density at radius 1 is 1.02 bits per heavy atom. The number of nitrogen functional groups attached to an aromatic ring is 1. The van der Waals surface area contributed by atoms with E-state index in [1.807, 2.05) is 23.0 Å². The van der Waals surface area contributed by atoms with E-state index in [0.717, 1.165) is 79.3 Å². The molecule has 3 aliphatic rings. The van der Waals surface area contributed by atoms with Crippen LogP contribution < -0.4 is 5.73 Å². The normalized spacial score (nSPS) is 18.5. The maximum atomic E-state index is 10.6. The highest BCUT2D eigenvalue weighted by Gasteiger charge is 2.41. The highest BCUT2D eigenvalue weighted by atomic mass is 16.3. The molecule has 201 valence electrons. The second kappa shape index (κ2) is 10.1. The highest BCUT2D eigenvalue weighted by molar-refractivity contribution is 6.40. The minimum Gasteiger partial charge on any atom is -0.399 e. The fraction of sp³-hybridized carbons (Fsp3) is 0.281. The van der Waals surface area contributed by atoms with Crippen molar-refractivity contribution in [3.63, 3.8) is 0 Å². The first kappa shape index (κ1) is 24.8. The zero-order valence-corrected chi connectivity index (χ0v) is 22.9. The molecule has 2 aromatic heterocycles. The third kappa shape index (κ3) is 4.23. The van der Waals surface area contributed by atoms with Gasteiger partial charge in [0.2, 0.25) is 0 Å². The van der Waals surface area contributed by atoms with Crippen LogP contribution in [0.1, 0.15) is 66.8 Å². The van der Waals surface area contributed by atoms with Crippen LogP contribution in [0.4, 0.5) is 5.69 Å². The van der Waals surface area contributed by atoms with Gasteiger partial charge in [-0.3, -0.25) is 14.5 Å². The summed E-state index contributed by atoms with van der Waals surface area (Å²) in [4.78, 5) is 2.32. The number of nitrogens with one attached hydrogen (secondary N) is 1. The van der Waals surface area contributed by atoms with Gasteiger partial charge in [-0.25, -0.2) is 4.68 Å². The molecule has 1 radical (unpaired) electrons. The molecule has 4 N–H and O–H groups in total. The Balaban J connectivity index is 1.27. The number of benzene rings is 2. The van der Waals surface area contributed by atoms with Crippen molar-refractivity contribution in [2.45, 2.75) is 51.7 Å². The smallest absolute Gasteiger partial charge is 0.399 e. The largest absolute Gasteiger partial charge is 0.553 e. The molecule has 0 saturated carbocycles. The van der Waals surface area contributed by atoms with Crippen molar-refractivity contribution in [1.82, 2.24) is 19.1 Å². The number of aromatic amines is 1. The minimum atomic E-state index is -0.455. The van der Waals surface area contributed by atoms with Crippen LogP contribution in [0.5, 0.6) is 0 Å². The molecule has 0 spiro atoms. The van der Waals surface area contributed by atoms with E-state index >= 15 is 0 Å². The third-order valence-electron chi connectivity index (χ3n) is 8.40. The molecule has 0 amide bonds. The summed E-state index contributed by atoms with van der Waals surface area (Å²) in [7, 11) is 2.20. The Morgan fingerprint density at radius 2 is 1.82 bits per heavy atom. The van der Waals surface area contributed by atoms with Gasteiger partial charge in [0.1, 0.15) is 18.1 Å². The van der Waals surface area contributed by atoms with Crippen LogP contribution >= 0.6 is 0 Å². The Hall–Kier alpha value is -4.17. The number of fused-ring (bicyclic) bond motifs is 3. The molecule has 8 heteroatoms. The van der Waals surface area contributed by atoms with Crippen molar-refractivity contribution in [1.29, 1.82) is 0 Å². The van der Waals surface area contributed by atoms with Crippen LogP contribution in [0.2, 0.25) is 0 Å². The quantitative estimate of drug-likeness (QED) is 0.136. The first-order valence-electron chi connectivity index (χ1n) is 14.4. The van der Waals surface area contributed by atoms with Gasteiger partial charge < -0.3 is 15.3 Å². The SMILES string of the molecule is CCCCCC(O)c1cn(-c2ccc3n2[B]N2C(=C3c3ccc(N)cc3)C=CC2=[N+]2CCc3ccccc3C2)[nH]1. The zero-order valence-electron chi connectivity index (χ0n) is 22.9. The standard InChI is InChI=1S/C32H34BN6O/c1-2-3-4-9-29(40)26-21-37(35-26)31-17-15-28-32(23-10-12-25(34)13-11-23)27-14-16-30(38(27)33-39(28)31)36-19-18-22-7-5-6-8-24(22)20-36/h5-8,10-17,21,29,34-35,40H,2-4,9,18-20H2,1H3/p+1. The van der Waals surface area contributed by atoms with Crippen molar-refractivity contribution in [3.05, 3.63) is 113 Å². The van der Waals surface area contributed by atoms with Gasteiger partial charge in [-0.05, 0) is 53.5 Å². The topological polar surface area (TPSA) is 78.1 Å². The van der Waals surface area contributed by atoms with Gasteiger partial charge in [0.15, 0.2) is 0 Å². The van der Waals surface area contributed by atoms with Crippen molar-refractivity contribution in [2.75, 3.05) is 12.3 Å². The van der Waals surface area contributed by atoms with Gasteiger partial charge in [-0.1, -0.05) is 62.6 Å². The number of aromatic nitrogens is 3. The van der Waals surface area contributed by atoms with Gasteiger partial charge in [0.05, 0.1) is 24.5 Å². The highest BCUT2D eigenvalue weighted by Crippen LogP contribution is 2.38. The van der Waals surface area contributed by atoms with Gasteiger partial charge >= 0.3 is 7.55 Å². The number of hydrogen-bond acceptors (Lipinski definition) is 2. The number of anilines is 1. The van der Waals surface area contributed by atoms with Gasteiger partial charge in [-0.15, -0.1) is 0 Å². The number of allylic oxidation sites excluding steroid dienone is 1. The molecule has 0 bridgehead atoms. The zero-order chi connectivity index (χ0) is 27.2. The van der Waals surface area contributed by atoms with E-state index in [9.17, 15) is 5.11 Å². The molecule has 40 heavy (non-hydrogen) atoms. The maximum absolute atomic E-state index is 10.6. The number of hydrogen-bond donors (Lipinski definition) is 3. The lowest BCUT2D eigenvalue weighted by atomic mass is 9.91. The summed E-state index contributed by atoms with van der Waals surface area (Å²) in [5.74, 6) is 2.18. The molecule has 2 aromatic carbocycles. The number of unbranched alkanes of at least 4 members (excludes halogenated alkanes) is 2. The van der Waals surface area contributed by atoms with Crippen LogP contribution in [0.3, 0.4) is 0 Å². The van der Waals surface area contributed by atoms with E-state index in [4.69, 9.17) is 5.73 Å². The predicted molar refractivity (Wildman–Crippen MR) is 160 cm³/mol. The number of amidine groups is 1. The average molecular weight is 530 g/mol. The lowest BCUT2D eigenvalue weighted by Crippen LogP contribution is -2.43. The van der Waals surface area contributed by atoms with Crippen LogP contribution in [0.15, 0.2) is 84.7 Å². The molecule has 0 saturated heterocycles. The van der Waals surface area contributed by atoms with E-state index < -0.39 is 6.10 Å². The summed E-state index contributed by atoms with van der Waals surface area (Å²) >= 11 is 0. The molecular formula is C32H35BN6O+. The Kier molecular flexibility index (Phi) is 6.27. The minimum absolute atomic E-state index is 0.455. The fourth-order valence-electron chi connectivity index (χ4n) is 6.16. The monoisotopic (exact) mass is 530 g/mol. The van der Waals surface area contributed by atoms with Crippen LogP contribution in [-0.2, 0) is 13.0 Å². The van der Waals surface area contributed by atoms with Gasteiger partial charge in [0, 0.05) is 29.5 Å². The summed E-state index contributed by atoms with van der Waals surface area (Å²) in [5, 5.41) is 14.0. The van der Waals surface area contributed by atoms with E-state index in [0.29, 0.717) is 0 Å². The van der Waals surface area contributed by atoms with Crippen molar-refractivity contribution in [3.8, 4) is 5.82 Å². The lowest BCUT2D eigenvalue weighted by molar-refractivity contribution is -0.550. The molecule has 3 aliphatic heterocycles. The molecule has 7 nitrogen and oxygen atoms in total. The summed E-state index contributed by atoms with van der Waals surface area (Å²) in [6.45, 7) is 4.06. The van der Waals surface area contributed by atoms with Crippen LogP contribution in [-0.4, -0.2) is 48.7 Å². The summed E-state index contributed by atoms with van der Waals surface area (Å²) in [5.41, 5.74) is 15.1. The molecule has 1 atom stereocenters. The number of rotatable bonds is 7. The molecule has 0 fully saturated rings. The Bertz CT molecular complexity index is 1640. The number of H-pyrrole nitrogens is 1. The van der Waals surface area contributed by atoms with E-state index in [1.54, 1.807) is 0 Å².